The van der Waals surface area contributed by atoms with Crippen LogP contribution in [-0.4, -0.2) is 40.8 Å². The summed E-state index contributed by atoms with van der Waals surface area (Å²) in [5.74, 6) is 0.273. The zero-order chi connectivity index (χ0) is 19.0. The second-order valence-electron chi connectivity index (χ2n) is 6.61. The number of nitrogen functional groups attached to an aromatic ring is 1. The van der Waals surface area contributed by atoms with Crippen LogP contribution in [0.5, 0.6) is 0 Å². The van der Waals surface area contributed by atoms with Gasteiger partial charge in [0.25, 0.3) is 0 Å². The van der Waals surface area contributed by atoms with Crippen molar-refractivity contribution in [1.82, 2.24) is 14.5 Å². The highest BCUT2D eigenvalue weighted by molar-refractivity contribution is 5.98. The van der Waals surface area contributed by atoms with Gasteiger partial charge in [-0.05, 0) is 24.3 Å². The monoisotopic (exact) mass is 367 g/mol. The molecule has 6 nitrogen and oxygen atoms in total. The molecule has 1 aliphatic heterocycles. The molecule has 0 aliphatic carbocycles. The van der Waals surface area contributed by atoms with Crippen LogP contribution in [0.25, 0.3) is 16.6 Å². The first-order valence-electron chi connectivity index (χ1n) is 8.82. The van der Waals surface area contributed by atoms with Crippen LogP contribution in [0.1, 0.15) is 5.56 Å². The Bertz CT molecular complexity index is 1010. The highest BCUT2D eigenvalue weighted by Crippen LogP contribution is 2.33. The minimum Gasteiger partial charge on any atom is -0.397 e. The average molecular weight is 367 g/mol. The zero-order valence-corrected chi connectivity index (χ0v) is 15.2. The topological polar surface area (TPSA) is 68.3 Å². The molecule has 0 unspecified atom stereocenters. The molecule has 0 bridgehead atoms. The van der Waals surface area contributed by atoms with Crippen molar-refractivity contribution in [3.8, 4) is 0 Å². The maximum atomic E-state index is 13.6. The van der Waals surface area contributed by atoms with Gasteiger partial charge in [0.05, 0.1) is 30.1 Å². The fourth-order valence-electron chi connectivity index (χ4n) is 3.39. The minimum atomic E-state index is -0.353. The quantitative estimate of drug-likeness (QED) is 0.692. The molecule has 1 fully saturated rings. The van der Waals surface area contributed by atoms with E-state index in [1.807, 2.05) is 23.9 Å². The third kappa shape index (κ3) is 3.21. The fourth-order valence-corrected chi connectivity index (χ4v) is 3.39. The first-order chi connectivity index (χ1) is 13.0. The second kappa shape index (κ2) is 6.92. The van der Waals surface area contributed by atoms with Crippen LogP contribution in [0.15, 0.2) is 43.2 Å². The molecule has 4 rings (SSSR count). The first-order valence-corrected chi connectivity index (χ1v) is 8.82. The molecule has 0 saturated carbocycles. The predicted molar refractivity (Wildman–Crippen MR) is 106 cm³/mol. The van der Waals surface area contributed by atoms with Gasteiger partial charge in [-0.1, -0.05) is 6.58 Å². The molecule has 0 amide bonds. The first kappa shape index (κ1) is 17.4. The van der Waals surface area contributed by atoms with E-state index in [4.69, 9.17) is 10.5 Å². The van der Waals surface area contributed by atoms with Crippen LogP contribution in [-0.2, 0) is 11.8 Å². The van der Waals surface area contributed by atoms with Crippen molar-refractivity contribution in [2.24, 2.45) is 7.05 Å². The Morgan fingerprint density at radius 1 is 1.30 bits per heavy atom. The van der Waals surface area contributed by atoms with Gasteiger partial charge in [0.15, 0.2) is 0 Å². The lowest BCUT2D eigenvalue weighted by molar-refractivity contribution is 0.0641. The van der Waals surface area contributed by atoms with Crippen LogP contribution in [0.4, 0.5) is 21.6 Å². The lowest BCUT2D eigenvalue weighted by atomic mass is 10.1. The van der Waals surface area contributed by atoms with Gasteiger partial charge in [0.1, 0.15) is 11.6 Å². The van der Waals surface area contributed by atoms with Gasteiger partial charge < -0.3 is 25.3 Å². The van der Waals surface area contributed by atoms with Gasteiger partial charge in [0.2, 0.25) is 0 Å². The lowest BCUT2D eigenvalue weighted by Crippen LogP contribution is -2.34. The SMILES string of the molecule is C=C(c1cnc(Nc2cc(F)ccc2N)c2ccn(C)c12)N1CCOCC1. The highest BCUT2D eigenvalue weighted by Gasteiger charge is 2.19. The van der Waals surface area contributed by atoms with Gasteiger partial charge >= 0.3 is 0 Å². The summed E-state index contributed by atoms with van der Waals surface area (Å²) in [6.07, 6.45) is 3.78. The number of hydrogen-bond donors (Lipinski definition) is 2. The molecule has 1 aliphatic rings. The Balaban J connectivity index is 1.74. The predicted octanol–water partition coefficient (Wildman–Crippen LogP) is 3.34. The van der Waals surface area contributed by atoms with Crippen molar-refractivity contribution in [1.29, 1.82) is 0 Å². The summed E-state index contributed by atoms with van der Waals surface area (Å²) >= 11 is 0. The molecular formula is C20H22FN5O. The van der Waals surface area contributed by atoms with E-state index in [1.54, 1.807) is 6.20 Å². The third-order valence-corrected chi connectivity index (χ3v) is 4.88. The molecule has 3 N–H and O–H groups in total. The molecule has 140 valence electrons. The van der Waals surface area contributed by atoms with Gasteiger partial charge in [-0.25, -0.2) is 9.37 Å². The van der Waals surface area contributed by atoms with E-state index in [1.165, 1.54) is 18.2 Å². The Hall–Kier alpha value is -3.06. The van der Waals surface area contributed by atoms with Crippen molar-refractivity contribution in [3.63, 3.8) is 0 Å². The molecule has 3 heterocycles. The van der Waals surface area contributed by atoms with Crippen LogP contribution in [0.2, 0.25) is 0 Å². The molecule has 1 saturated heterocycles. The molecule has 2 aromatic heterocycles. The molecule has 0 radical (unpaired) electrons. The molecule has 1 aromatic carbocycles. The molecule has 7 heteroatoms. The number of nitrogens with zero attached hydrogens (tertiary/aromatic N) is 3. The maximum Gasteiger partial charge on any atom is 0.139 e. The standard InChI is InChI=1S/C20H22FN5O/c1-13(26-7-9-27-10-8-26)16-12-23-20(15-5-6-25(2)19(15)16)24-18-11-14(21)3-4-17(18)22/h3-6,11-12H,1,7-10,22H2,2H3,(H,23,24). The van der Waals surface area contributed by atoms with E-state index in [-0.39, 0.29) is 5.82 Å². The van der Waals surface area contributed by atoms with Crippen LogP contribution < -0.4 is 11.1 Å². The minimum absolute atomic E-state index is 0.353. The summed E-state index contributed by atoms with van der Waals surface area (Å²) in [5.41, 5.74) is 9.83. The van der Waals surface area contributed by atoms with Crippen LogP contribution in [0.3, 0.4) is 0 Å². The van der Waals surface area contributed by atoms with E-state index in [0.29, 0.717) is 30.4 Å². The Kier molecular flexibility index (Phi) is 4.45. The Morgan fingerprint density at radius 3 is 2.85 bits per heavy atom. The number of anilines is 3. The molecule has 0 atom stereocenters. The van der Waals surface area contributed by atoms with E-state index >= 15 is 0 Å². The van der Waals surface area contributed by atoms with E-state index in [0.717, 1.165) is 35.3 Å². The van der Waals surface area contributed by atoms with Gasteiger partial charge in [0, 0.05) is 49.2 Å². The Labute approximate surface area is 157 Å². The van der Waals surface area contributed by atoms with Gasteiger partial charge in [-0.15, -0.1) is 0 Å². The number of aromatic nitrogens is 2. The van der Waals surface area contributed by atoms with E-state index in [2.05, 4.69) is 21.8 Å². The van der Waals surface area contributed by atoms with Crippen molar-refractivity contribution in [3.05, 3.63) is 54.6 Å². The third-order valence-electron chi connectivity index (χ3n) is 4.88. The van der Waals surface area contributed by atoms with Crippen molar-refractivity contribution in [2.75, 3.05) is 37.4 Å². The Morgan fingerprint density at radius 2 is 2.07 bits per heavy atom. The summed E-state index contributed by atoms with van der Waals surface area (Å²) in [6.45, 7) is 7.30. The van der Waals surface area contributed by atoms with Crippen LogP contribution >= 0.6 is 0 Å². The maximum absolute atomic E-state index is 13.6. The number of halogens is 1. The van der Waals surface area contributed by atoms with Crippen molar-refractivity contribution in [2.45, 2.75) is 0 Å². The summed E-state index contributed by atoms with van der Waals surface area (Å²) in [6, 6.07) is 6.22. The number of ether oxygens (including phenoxy) is 1. The normalized spacial score (nSPS) is 14.5. The average Bonchev–Trinajstić information content (AvgIpc) is 3.07. The molecule has 3 aromatic rings. The number of nitrogens with one attached hydrogen (secondary N) is 1. The number of aryl methyl sites for hydroxylation is 1. The number of fused-ring (bicyclic) bond motifs is 1. The summed E-state index contributed by atoms with van der Waals surface area (Å²) in [4.78, 5) is 6.79. The van der Waals surface area contributed by atoms with Gasteiger partial charge in [-0.2, -0.15) is 0 Å². The lowest BCUT2D eigenvalue weighted by Gasteiger charge is -2.31. The van der Waals surface area contributed by atoms with Crippen molar-refractivity contribution < 1.29 is 9.13 Å². The number of pyridine rings is 1. The summed E-state index contributed by atoms with van der Waals surface area (Å²) in [7, 11) is 1.98. The van der Waals surface area contributed by atoms with E-state index in [9.17, 15) is 4.39 Å². The number of morpholine rings is 1. The molecular weight excluding hydrogens is 345 g/mol. The fraction of sp³-hybridized carbons (Fsp3) is 0.250. The summed E-state index contributed by atoms with van der Waals surface area (Å²) < 4.78 is 21.1. The van der Waals surface area contributed by atoms with Crippen LogP contribution in [0, 0.1) is 5.82 Å². The number of rotatable bonds is 4. The number of benzene rings is 1. The molecule has 0 spiro atoms. The van der Waals surface area contributed by atoms with E-state index < -0.39 is 0 Å². The largest absolute Gasteiger partial charge is 0.397 e. The highest BCUT2D eigenvalue weighted by atomic mass is 19.1. The molecule has 27 heavy (non-hydrogen) atoms. The number of nitrogens with two attached hydrogens (primary N) is 1. The van der Waals surface area contributed by atoms with Crippen molar-refractivity contribution >= 4 is 33.8 Å². The zero-order valence-electron chi connectivity index (χ0n) is 15.2. The smallest absolute Gasteiger partial charge is 0.139 e. The second-order valence-corrected chi connectivity index (χ2v) is 6.61. The summed E-state index contributed by atoms with van der Waals surface area (Å²) in [5, 5.41) is 4.09. The number of hydrogen-bond acceptors (Lipinski definition) is 5. The van der Waals surface area contributed by atoms with Gasteiger partial charge in [-0.3, -0.25) is 0 Å².